The lowest BCUT2D eigenvalue weighted by atomic mass is 10.7. The van der Waals surface area contributed by atoms with Crippen LogP contribution in [0.1, 0.15) is 0 Å². The van der Waals surface area contributed by atoms with Crippen molar-refractivity contribution in [3.8, 4) is 0 Å². The lowest BCUT2D eigenvalue weighted by molar-refractivity contribution is 0.207. The molecule has 2 amide bonds. The molecule has 3 N–H and O–H groups in total. The molecule has 1 heterocycles. The largest absolute Gasteiger partial charge is 0.554 e. The summed E-state index contributed by atoms with van der Waals surface area (Å²) in [5.74, 6) is 0. The zero-order chi connectivity index (χ0) is 8.48. The smallest absolute Gasteiger partial charge is 0.386 e. The second kappa shape index (κ2) is 2.76. The van der Waals surface area contributed by atoms with Crippen molar-refractivity contribution in [3.05, 3.63) is 0 Å². The third kappa shape index (κ3) is 2.45. The first-order valence-electron chi connectivity index (χ1n) is 3.15. The number of rotatable bonds is 2. The van der Waals surface area contributed by atoms with Gasteiger partial charge in [-0.2, -0.15) is 0 Å². The molecule has 0 bridgehead atoms. The molecule has 11 heavy (non-hydrogen) atoms. The van der Waals surface area contributed by atoms with Gasteiger partial charge in [0.25, 0.3) is 0 Å². The molecule has 5 nitrogen and oxygen atoms in total. The highest BCUT2D eigenvalue weighted by Gasteiger charge is 2.36. The fourth-order valence-corrected chi connectivity index (χ4v) is 1.69. The van der Waals surface area contributed by atoms with E-state index in [0.717, 1.165) is 4.90 Å². The minimum Gasteiger partial charge on any atom is -0.386 e. The zero-order valence-electron chi connectivity index (χ0n) is 5.75. The third-order valence-corrected chi connectivity index (χ3v) is 2.12. The second-order valence-corrected chi connectivity index (χ2v) is 4.13. The summed E-state index contributed by atoms with van der Waals surface area (Å²) < 4.78 is 12.2. The highest BCUT2D eigenvalue weighted by atomic mass is 28.4. The quantitative estimate of drug-likeness (QED) is 0.355. The van der Waals surface area contributed by atoms with Gasteiger partial charge in [0, 0.05) is 13.1 Å². The fraction of sp³-hybridized carbons (Fsp3) is 0.750. The normalized spacial score (nSPS) is 18.8. The molecular weight excluding hydrogens is 171 g/mol. The van der Waals surface area contributed by atoms with Gasteiger partial charge in [-0.05, 0) is 0 Å². The molecule has 0 aromatic carbocycles. The Bertz CT molecular complexity index is 171. The Kier molecular flexibility index (Phi) is 2.12. The van der Waals surface area contributed by atoms with Gasteiger partial charge >= 0.3 is 14.9 Å². The molecule has 1 rings (SSSR count). The van der Waals surface area contributed by atoms with Gasteiger partial charge in [0.15, 0.2) is 0 Å². The van der Waals surface area contributed by atoms with Crippen LogP contribution in [0.2, 0.25) is 0 Å². The molecule has 1 fully saturated rings. The van der Waals surface area contributed by atoms with Crippen LogP contribution in [-0.2, 0) is 0 Å². The van der Waals surface area contributed by atoms with Gasteiger partial charge in [-0.1, -0.05) is 0 Å². The number of hydrogen-bond acceptors (Lipinski definition) is 3. The van der Waals surface area contributed by atoms with Gasteiger partial charge in [0.1, 0.15) is 0 Å². The summed E-state index contributed by atoms with van der Waals surface area (Å²) in [5, 5.41) is 2.41. The summed E-state index contributed by atoms with van der Waals surface area (Å²) in [4.78, 5) is 28.6. The lowest BCUT2D eigenvalue weighted by Gasteiger charge is -2.15. The van der Waals surface area contributed by atoms with E-state index in [0.29, 0.717) is 13.1 Å². The number of urea groups is 1. The molecule has 0 atom stereocenters. The van der Waals surface area contributed by atoms with E-state index in [9.17, 15) is 8.90 Å². The molecular formula is C4H9FN2O3Si. The summed E-state index contributed by atoms with van der Waals surface area (Å²) in [5.41, 5.74) is 0. The summed E-state index contributed by atoms with van der Waals surface area (Å²) in [6, 6.07) is -0.442. The minimum atomic E-state index is -4.60. The monoisotopic (exact) mass is 180 g/mol. The average Bonchev–Trinajstić information content (AvgIpc) is 2.12. The van der Waals surface area contributed by atoms with Crippen molar-refractivity contribution < 1.29 is 18.5 Å². The SMILES string of the molecule is O=C1NCCN1C[Si](O)(O)F. The molecule has 0 aromatic rings. The molecule has 1 saturated heterocycles. The maximum atomic E-state index is 12.2. The van der Waals surface area contributed by atoms with Crippen LogP contribution >= 0.6 is 0 Å². The second-order valence-electron chi connectivity index (χ2n) is 2.37. The molecule has 0 radical (unpaired) electrons. The van der Waals surface area contributed by atoms with Crippen molar-refractivity contribution in [2.24, 2.45) is 0 Å². The molecule has 64 valence electrons. The van der Waals surface area contributed by atoms with Crippen molar-refractivity contribution in [1.29, 1.82) is 0 Å². The van der Waals surface area contributed by atoms with Crippen molar-refractivity contribution in [3.63, 3.8) is 0 Å². The Balaban J connectivity index is 2.43. The first kappa shape index (κ1) is 8.43. The van der Waals surface area contributed by atoms with E-state index >= 15 is 0 Å². The van der Waals surface area contributed by atoms with Gasteiger partial charge < -0.3 is 19.8 Å². The van der Waals surface area contributed by atoms with Crippen LogP contribution in [0.4, 0.5) is 8.90 Å². The summed E-state index contributed by atoms with van der Waals surface area (Å²) in [6.45, 7) is 0.766. The van der Waals surface area contributed by atoms with Gasteiger partial charge in [-0.25, -0.2) is 8.90 Å². The highest BCUT2D eigenvalue weighted by molar-refractivity contribution is 6.57. The van der Waals surface area contributed by atoms with Crippen molar-refractivity contribution in [2.75, 3.05) is 19.3 Å². The van der Waals surface area contributed by atoms with Crippen molar-refractivity contribution >= 4 is 14.9 Å². The van der Waals surface area contributed by atoms with E-state index in [2.05, 4.69) is 5.32 Å². The van der Waals surface area contributed by atoms with Crippen LogP contribution in [0, 0.1) is 0 Å². The first-order valence-corrected chi connectivity index (χ1v) is 5.13. The number of amides is 2. The van der Waals surface area contributed by atoms with Crippen LogP contribution in [0.25, 0.3) is 0 Å². The van der Waals surface area contributed by atoms with Gasteiger partial charge in [-0.15, -0.1) is 0 Å². The topological polar surface area (TPSA) is 72.8 Å². The molecule has 0 spiro atoms. The molecule has 1 aliphatic heterocycles. The summed E-state index contributed by atoms with van der Waals surface area (Å²) in [7, 11) is -4.60. The van der Waals surface area contributed by atoms with E-state index in [1.54, 1.807) is 0 Å². The predicted octanol–water partition coefficient (Wildman–Crippen LogP) is -1.56. The molecule has 1 aliphatic rings. The van der Waals surface area contributed by atoms with Gasteiger partial charge in [0.2, 0.25) is 0 Å². The van der Waals surface area contributed by atoms with E-state index in [4.69, 9.17) is 9.59 Å². The number of carbonyl (C=O) groups excluding carboxylic acids is 1. The summed E-state index contributed by atoms with van der Waals surface area (Å²) in [6.07, 6.45) is -0.571. The number of nitrogens with zero attached hydrogens (tertiary/aromatic N) is 1. The first-order chi connectivity index (χ1) is 4.99. The Hall–Kier alpha value is -0.663. The van der Waals surface area contributed by atoms with Crippen molar-refractivity contribution in [2.45, 2.75) is 0 Å². The Morgan fingerprint density at radius 1 is 1.73 bits per heavy atom. The highest BCUT2D eigenvalue weighted by Crippen LogP contribution is 2.02. The van der Waals surface area contributed by atoms with E-state index in [1.165, 1.54) is 0 Å². The number of hydrogen-bond donors (Lipinski definition) is 3. The molecule has 0 saturated carbocycles. The zero-order valence-corrected chi connectivity index (χ0v) is 6.75. The fourth-order valence-electron chi connectivity index (χ4n) is 0.905. The van der Waals surface area contributed by atoms with Crippen LogP contribution in [0.5, 0.6) is 0 Å². The Morgan fingerprint density at radius 2 is 2.36 bits per heavy atom. The van der Waals surface area contributed by atoms with Crippen LogP contribution in [-0.4, -0.2) is 48.7 Å². The average molecular weight is 180 g/mol. The van der Waals surface area contributed by atoms with Gasteiger partial charge in [-0.3, -0.25) is 0 Å². The molecule has 0 aromatic heterocycles. The Morgan fingerprint density at radius 3 is 2.73 bits per heavy atom. The molecule has 7 heteroatoms. The van der Waals surface area contributed by atoms with Crippen LogP contribution < -0.4 is 5.32 Å². The maximum absolute atomic E-state index is 12.2. The standard InChI is InChI=1S/C4H9FN2O3Si/c5-11(9,10)3-7-2-1-6-4(7)8/h9-10H,1-3H2,(H,6,8). The number of carbonyl (C=O) groups is 1. The van der Waals surface area contributed by atoms with Crippen molar-refractivity contribution in [1.82, 2.24) is 10.2 Å². The summed E-state index contributed by atoms with van der Waals surface area (Å²) >= 11 is 0. The lowest BCUT2D eigenvalue weighted by Crippen LogP contribution is -2.45. The van der Waals surface area contributed by atoms with E-state index in [1.807, 2.05) is 0 Å². The maximum Gasteiger partial charge on any atom is 0.554 e. The minimum absolute atomic E-state index is 0.332. The number of halogens is 1. The van der Waals surface area contributed by atoms with Crippen LogP contribution in [0.15, 0.2) is 0 Å². The molecule has 0 unspecified atom stereocenters. The number of nitrogens with one attached hydrogen (secondary N) is 1. The van der Waals surface area contributed by atoms with Crippen LogP contribution in [0.3, 0.4) is 0 Å². The Labute approximate surface area is 63.9 Å². The third-order valence-electron chi connectivity index (χ3n) is 1.34. The van der Waals surface area contributed by atoms with E-state index < -0.39 is 21.1 Å². The van der Waals surface area contributed by atoms with Gasteiger partial charge in [0.05, 0.1) is 6.17 Å². The molecule has 0 aliphatic carbocycles. The predicted molar refractivity (Wildman–Crippen MR) is 36.3 cm³/mol. The van der Waals surface area contributed by atoms with E-state index in [-0.39, 0.29) is 0 Å².